The molecular weight excluding hydrogens is 330 g/mol. The van der Waals surface area contributed by atoms with Gasteiger partial charge in [0.15, 0.2) is 5.96 Å². The van der Waals surface area contributed by atoms with Crippen LogP contribution >= 0.6 is 22.9 Å². The van der Waals surface area contributed by atoms with Gasteiger partial charge in [0, 0.05) is 57.2 Å². The highest BCUT2D eigenvalue weighted by Gasteiger charge is 2.31. The normalized spacial score (nSPS) is 27.3. The Balaban J connectivity index is 1.60. The molecule has 1 N–H and O–H groups in total. The monoisotopic (exact) mass is 355 g/mol. The van der Waals surface area contributed by atoms with Crippen LogP contribution in [0.3, 0.4) is 0 Å². The molecule has 1 atom stereocenters. The van der Waals surface area contributed by atoms with Crippen molar-refractivity contribution in [1.29, 1.82) is 0 Å². The molecule has 2 bridgehead atoms. The Bertz CT molecular complexity index is 538. The van der Waals surface area contributed by atoms with Crippen LogP contribution in [-0.2, 0) is 6.54 Å². The molecule has 7 heteroatoms. The fourth-order valence-electron chi connectivity index (χ4n) is 3.30. The molecule has 3 aliphatic heterocycles. The summed E-state index contributed by atoms with van der Waals surface area (Å²) in [5, 5.41) is 3.41. The summed E-state index contributed by atoms with van der Waals surface area (Å²) in [5.74, 6) is 0.981. The maximum Gasteiger partial charge on any atom is 0.194 e. The van der Waals surface area contributed by atoms with Gasteiger partial charge in [0.05, 0.1) is 17.4 Å². The van der Waals surface area contributed by atoms with Gasteiger partial charge in [-0.1, -0.05) is 11.6 Å². The van der Waals surface area contributed by atoms with Crippen molar-refractivity contribution in [3.05, 3.63) is 21.3 Å². The van der Waals surface area contributed by atoms with Crippen molar-refractivity contribution in [2.24, 2.45) is 4.99 Å². The van der Waals surface area contributed by atoms with Crippen molar-refractivity contribution in [2.75, 3.05) is 52.9 Å². The van der Waals surface area contributed by atoms with Crippen LogP contribution in [0.25, 0.3) is 0 Å². The predicted molar refractivity (Wildman–Crippen MR) is 98.6 cm³/mol. The van der Waals surface area contributed by atoms with Gasteiger partial charge in [-0.05, 0) is 19.1 Å². The first-order chi connectivity index (χ1) is 11.2. The van der Waals surface area contributed by atoms with E-state index in [2.05, 4.69) is 40.1 Å². The molecular formula is C16H26ClN5S. The molecule has 0 amide bonds. The highest BCUT2D eigenvalue weighted by molar-refractivity contribution is 7.16. The second-order valence-electron chi connectivity index (χ2n) is 6.25. The fraction of sp³-hybridized carbons (Fsp3) is 0.688. The van der Waals surface area contributed by atoms with Gasteiger partial charge in [-0.3, -0.25) is 14.8 Å². The van der Waals surface area contributed by atoms with E-state index in [0.29, 0.717) is 6.04 Å². The molecule has 0 radical (unpaired) electrons. The summed E-state index contributed by atoms with van der Waals surface area (Å²) in [5.41, 5.74) is 0. The van der Waals surface area contributed by atoms with E-state index >= 15 is 0 Å². The molecule has 1 aromatic heterocycles. The van der Waals surface area contributed by atoms with Crippen LogP contribution in [0.4, 0.5) is 0 Å². The minimum Gasteiger partial charge on any atom is -0.357 e. The second kappa shape index (κ2) is 7.83. The minimum absolute atomic E-state index is 0.565. The third-order valence-corrected chi connectivity index (χ3v) is 5.78. The Morgan fingerprint density at radius 2 is 2.17 bits per heavy atom. The number of thiophene rings is 1. The fourth-order valence-corrected chi connectivity index (χ4v) is 4.45. The van der Waals surface area contributed by atoms with E-state index < -0.39 is 0 Å². The zero-order valence-electron chi connectivity index (χ0n) is 14.0. The standard InChI is InChI=1S/C16H26ClN5S/c1-3-18-16(20(2)12-14-4-5-15(17)23-14)19-10-13-11-21-6-8-22(13)9-7-21/h4-5,13H,3,6-12H2,1-2H3,(H,18,19). The van der Waals surface area contributed by atoms with E-state index in [-0.39, 0.29) is 0 Å². The second-order valence-corrected chi connectivity index (χ2v) is 8.05. The number of piperazine rings is 3. The lowest BCUT2D eigenvalue weighted by atomic mass is 10.1. The van der Waals surface area contributed by atoms with Crippen LogP contribution in [0.2, 0.25) is 4.34 Å². The van der Waals surface area contributed by atoms with Crippen molar-refractivity contribution in [3.8, 4) is 0 Å². The van der Waals surface area contributed by atoms with E-state index in [4.69, 9.17) is 16.6 Å². The van der Waals surface area contributed by atoms with Crippen molar-refractivity contribution < 1.29 is 0 Å². The molecule has 0 aromatic carbocycles. The van der Waals surface area contributed by atoms with Crippen molar-refractivity contribution >= 4 is 28.9 Å². The first-order valence-corrected chi connectivity index (χ1v) is 9.55. The average molecular weight is 356 g/mol. The Labute approximate surface area is 147 Å². The quantitative estimate of drug-likeness (QED) is 0.645. The smallest absolute Gasteiger partial charge is 0.194 e. The van der Waals surface area contributed by atoms with E-state index in [0.717, 1.165) is 36.5 Å². The molecule has 3 saturated heterocycles. The summed E-state index contributed by atoms with van der Waals surface area (Å²) in [6.45, 7) is 10.7. The number of rotatable bonds is 5. The number of aliphatic imine (C=N–C) groups is 1. The summed E-state index contributed by atoms with van der Waals surface area (Å²) in [6.07, 6.45) is 0. The molecule has 1 unspecified atom stereocenters. The highest BCUT2D eigenvalue weighted by Crippen LogP contribution is 2.22. The minimum atomic E-state index is 0.565. The molecule has 0 spiro atoms. The van der Waals surface area contributed by atoms with E-state index in [1.54, 1.807) is 11.3 Å². The lowest BCUT2D eigenvalue weighted by molar-refractivity contribution is 0.0173. The number of guanidine groups is 1. The van der Waals surface area contributed by atoms with Crippen LogP contribution in [-0.4, -0.2) is 79.6 Å². The Morgan fingerprint density at radius 3 is 2.74 bits per heavy atom. The molecule has 3 aliphatic rings. The molecule has 4 rings (SSSR count). The first kappa shape index (κ1) is 17.0. The summed E-state index contributed by atoms with van der Waals surface area (Å²) >= 11 is 7.66. The number of fused-ring (bicyclic) bond motifs is 3. The number of hydrogen-bond acceptors (Lipinski definition) is 4. The van der Waals surface area contributed by atoms with Crippen LogP contribution < -0.4 is 5.32 Å². The van der Waals surface area contributed by atoms with Gasteiger partial charge in [0.2, 0.25) is 0 Å². The summed E-state index contributed by atoms with van der Waals surface area (Å²) in [6, 6.07) is 4.61. The molecule has 4 heterocycles. The molecule has 128 valence electrons. The number of hydrogen-bond donors (Lipinski definition) is 1. The Morgan fingerprint density at radius 1 is 1.39 bits per heavy atom. The molecule has 5 nitrogen and oxygen atoms in total. The molecule has 3 fully saturated rings. The lowest BCUT2D eigenvalue weighted by Crippen LogP contribution is -2.62. The molecule has 0 saturated carbocycles. The van der Waals surface area contributed by atoms with E-state index in [9.17, 15) is 0 Å². The zero-order chi connectivity index (χ0) is 16.2. The van der Waals surface area contributed by atoms with Crippen LogP contribution in [0, 0.1) is 0 Å². The predicted octanol–water partition coefficient (Wildman–Crippen LogP) is 1.80. The maximum atomic E-state index is 6.03. The van der Waals surface area contributed by atoms with Crippen molar-refractivity contribution in [3.63, 3.8) is 0 Å². The third-order valence-electron chi connectivity index (χ3n) is 4.56. The number of halogens is 1. The van der Waals surface area contributed by atoms with Crippen LogP contribution in [0.15, 0.2) is 17.1 Å². The lowest BCUT2D eigenvalue weighted by Gasteiger charge is -2.47. The van der Waals surface area contributed by atoms with Crippen LogP contribution in [0.1, 0.15) is 11.8 Å². The van der Waals surface area contributed by atoms with Gasteiger partial charge in [0.25, 0.3) is 0 Å². The Hall–Kier alpha value is -0.820. The molecule has 1 aromatic rings. The number of nitrogens with one attached hydrogen (secondary N) is 1. The number of nitrogens with zero attached hydrogens (tertiary/aromatic N) is 4. The third kappa shape index (κ3) is 4.38. The maximum absolute atomic E-state index is 6.03. The van der Waals surface area contributed by atoms with Crippen LogP contribution in [0.5, 0.6) is 0 Å². The highest BCUT2D eigenvalue weighted by atomic mass is 35.5. The van der Waals surface area contributed by atoms with Gasteiger partial charge in [-0.2, -0.15) is 0 Å². The SMILES string of the molecule is CCNC(=NCC1CN2CCN1CC2)N(C)Cc1ccc(Cl)s1. The van der Waals surface area contributed by atoms with E-state index in [1.807, 2.05) is 6.07 Å². The average Bonchev–Trinajstić information content (AvgIpc) is 2.97. The summed E-state index contributed by atoms with van der Waals surface area (Å²) < 4.78 is 0.843. The topological polar surface area (TPSA) is 34.1 Å². The van der Waals surface area contributed by atoms with Gasteiger partial charge >= 0.3 is 0 Å². The Kier molecular flexibility index (Phi) is 5.80. The largest absolute Gasteiger partial charge is 0.357 e. The molecule has 0 aliphatic carbocycles. The summed E-state index contributed by atoms with van der Waals surface area (Å²) in [7, 11) is 2.09. The van der Waals surface area contributed by atoms with E-state index in [1.165, 1.54) is 31.1 Å². The van der Waals surface area contributed by atoms with Gasteiger partial charge < -0.3 is 10.2 Å². The van der Waals surface area contributed by atoms with Gasteiger partial charge in [-0.15, -0.1) is 11.3 Å². The first-order valence-electron chi connectivity index (χ1n) is 8.35. The van der Waals surface area contributed by atoms with Gasteiger partial charge in [0.1, 0.15) is 0 Å². The summed E-state index contributed by atoms with van der Waals surface area (Å²) in [4.78, 5) is 13.5. The van der Waals surface area contributed by atoms with Crippen molar-refractivity contribution in [2.45, 2.75) is 19.5 Å². The van der Waals surface area contributed by atoms with Crippen molar-refractivity contribution in [1.82, 2.24) is 20.0 Å². The zero-order valence-corrected chi connectivity index (χ0v) is 15.5. The molecule has 23 heavy (non-hydrogen) atoms. The van der Waals surface area contributed by atoms with Gasteiger partial charge in [-0.25, -0.2) is 0 Å².